The van der Waals surface area contributed by atoms with E-state index in [-0.39, 0.29) is 0 Å². The lowest BCUT2D eigenvalue weighted by Gasteiger charge is -2.19. The van der Waals surface area contributed by atoms with Crippen LogP contribution in [0, 0.1) is 5.92 Å². The fourth-order valence-electron chi connectivity index (χ4n) is 1.82. The molecule has 0 aromatic carbocycles. The summed E-state index contributed by atoms with van der Waals surface area (Å²) in [4.78, 5) is 11.4. The van der Waals surface area contributed by atoms with Crippen LogP contribution in [0.25, 0.3) is 0 Å². The summed E-state index contributed by atoms with van der Waals surface area (Å²) in [6, 6.07) is 0. The smallest absolute Gasteiger partial charge is 0.407 e. The van der Waals surface area contributed by atoms with Crippen molar-refractivity contribution in [3.63, 3.8) is 0 Å². The van der Waals surface area contributed by atoms with E-state index in [4.69, 9.17) is 28.4 Å². The number of hydrogen-bond acceptors (Lipinski definition) is 7. The predicted molar refractivity (Wildman–Crippen MR) is 108 cm³/mol. The standard InChI is InChI=1S/C20H41NO7/c1-6-18(2)17-27-16-15-26-14-13-25-12-11-24-10-9-23-8-7-21-19(22)28-20(3,4)5/h18H,6-17H2,1-5H3,(H,21,22). The van der Waals surface area contributed by atoms with Crippen LogP contribution in [0.3, 0.4) is 0 Å². The van der Waals surface area contributed by atoms with Gasteiger partial charge in [-0.05, 0) is 26.7 Å². The van der Waals surface area contributed by atoms with E-state index in [2.05, 4.69) is 19.2 Å². The second-order valence-electron chi connectivity index (χ2n) is 7.47. The van der Waals surface area contributed by atoms with Crippen LogP contribution in [0.2, 0.25) is 0 Å². The highest BCUT2D eigenvalue weighted by Crippen LogP contribution is 2.06. The molecular weight excluding hydrogens is 366 g/mol. The Kier molecular flexibility index (Phi) is 17.5. The molecule has 0 bridgehead atoms. The minimum Gasteiger partial charge on any atom is -0.444 e. The van der Waals surface area contributed by atoms with Crippen LogP contribution in [0.4, 0.5) is 4.79 Å². The summed E-state index contributed by atoms with van der Waals surface area (Å²) in [5.74, 6) is 0.600. The average Bonchev–Trinajstić information content (AvgIpc) is 2.62. The molecule has 0 aliphatic carbocycles. The molecule has 28 heavy (non-hydrogen) atoms. The Morgan fingerprint density at radius 2 is 1.21 bits per heavy atom. The highest BCUT2D eigenvalue weighted by Gasteiger charge is 2.15. The number of alkyl carbamates (subject to hydrolysis) is 1. The second-order valence-corrected chi connectivity index (χ2v) is 7.47. The molecular formula is C20H41NO7. The van der Waals surface area contributed by atoms with Gasteiger partial charge in [0.25, 0.3) is 0 Å². The maximum atomic E-state index is 11.4. The maximum Gasteiger partial charge on any atom is 0.407 e. The van der Waals surface area contributed by atoms with Crippen molar-refractivity contribution in [2.75, 3.05) is 72.6 Å². The Balaban J connectivity index is 3.15. The summed E-state index contributed by atoms with van der Waals surface area (Å²) in [7, 11) is 0. The summed E-state index contributed by atoms with van der Waals surface area (Å²) < 4.78 is 32.2. The molecule has 1 amide bonds. The van der Waals surface area contributed by atoms with Crippen molar-refractivity contribution in [2.24, 2.45) is 5.92 Å². The average molecular weight is 408 g/mol. The Bertz CT molecular complexity index is 361. The van der Waals surface area contributed by atoms with Gasteiger partial charge in [0.2, 0.25) is 0 Å². The lowest BCUT2D eigenvalue weighted by Crippen LogP contribution is -2.34. The molecule has 1 atom stereocenters. The van der Waals surface area contributed by atoms with E-state index < -0.39 is 11.7 Å². The minimum absolute atomic E-state index is 0.403. The Morgan fingerprint density at radius 1 is 0.786 bits per heavy atom. The van der Waals surface area contributed by atoms with Crippen LogP contribution in [0.5, 0.6) is 0 Å². The van der Waals surface area contributed by atoms with Crippen LogP contribution in [0.15, 0.2) is 0 Å². The summed E-state index contributed by atoms with van der Waals surface area (Å²) >= 11 is 0. The monoisotopic (exact) mass is 407 g/mol. The van der Waals surface area contributed by atoms with E-state index in [0.717, 1.165) is 13.0 Å². The van der Waals surface area contributed by atoms with Gasteiger partial charge in [-0.15, -0.1) is 0 Å². The molecule has 0 aromatic heterocycles. The van der Waals surface area contributed by atoms with E-state index in [9.17, 15) is 4.79 Å². The summed E-state index contributed by atoms with van der Waals surface area (Å²) in [5, 5.41) is 2.63. The molecule has 0 fully saturated rings. The van der Waals surface area contributed by atoms with Gasteiger partial charge < -0.3 is 33.7 Å². The largest absolute Gasteiger partial charge is 0.444 e. The SMILES string of the molecule is CCC(C)COCCOCCOCCOCCOCCNC(=O)OC(C)(C)C. The number of rotatable bonds is 18. The molecule has 0 saturated heterocycles. The van der Waals surface area contributed by atoms with E-state index >= 15 is 0 Å². The van der Waals surface area contributed by atoms with Gasteiger partial charge in [-0.1, -0.05) is 20.3 Å². The van der Waals surface area contributed by atoms with E-state index in [1.54, 1.807) is 0 Å². The number of amides is 1. The van der Waals surface area contributed by atoms with Gasteiger partial charge in [0.1, 0.15) is 5.60 Å². The molecule has 0 aliphatic rings. The fraction of sp³-hybridized carbons (Fsp3) is 0.950. The topological polar surface area (TPSA) is 84.5 Å². The van der Waals surface area contributed by atoms with E-state index in [0.29, 0.717) is 71.9 Å². The van der Waals surface area contributed by atoms with Gasteiger partial charge in [0, 0.05) is 13.2 Å². The van der Waals surface area contributed by atoms with Crippen molar-refractivity contribution in [2.45, 2.75) is 46.6 Å². The number of nitrogens with one attached hydrogen (secondary N) is 1. The lowest BCUT2D eigenvalue weighted by molar-refractivity contribution is -0.0131. The number of carbonyl (C=O) groups excluding carboxylic acids is 1. The molecule has 0 saturated carbocycles. The first kappa shape index (κ1) is 27.1. The zero-order chi connectivity index (χ0) is 21.1. The van der Waals surface area contributed by atoms with Gasteiger partial charge in [-0.2, -0.15) is 0 Å². The molecule has 1 unspecified atom stereocenters. The third kappa shape index (κ3) is 21.4. The van der Waals surface area contributed by atoms with E-state index in [1.807, 2.05) is 20.8 Å². The lowest BCUT2D eigenvalue weighted by atomic mass is 10.1. The zero-order valence-corrected chi connectivity index (χ0v) is 18.4. The summed E-state index contributed by atoms with van der Waals surface area (Å²) in [6.45, 7) is 15.7. The van der Waals surface area contributed by atoms with Crippen LogP contribution in [-0.4, -0.2) is 84.3 Å². The van der Waals surface area contributed by atoms with Gasteiger partial charge in [-0.3, -0.25) is 0 Å². The number of carbonyl (C=O) groups is 1. The first-order chi connectivity index (χ1) is 13.3. The molecule has 0 rings (SSSR count). The van der Waals surface area contributed by atoms with Crippen LogP contribution < -0.4 is 5.32 Å². The Morgan fingerprint density at radius 3 is 1.64 bits per heavy atom. The van der Waals surface area contributed by atoms with Crippen LogP contribution in [-0.2, 0) is 28.4 Å². The Labute approximate surface area is 170 Å². The normalized spacial score (nSPS) is 12.8. The third-order valence-corrected chi connectivity index (χ3v) is 3.50. The van der Waals surface area contributed by atoms with Crippen LogP contribution in [0.1, 0.15) is 41.0 Å². The van der Waals surface area contributed by atoms with Crippen molar-refractivity contribution in [3.8, 4) is 0 Å². The number of ether oxygens (including phenoxy) is 6. The van der Waals surface area contributed by atoms with Gasteiger partial charge >= 0.3 is 6.09 Å². The first-order valence-electron chi connectivity index (χ1n) is 10.2. The molecule has 1 N–H and O–H groups in total. The predicted octanol–water partition coefficient (Wildman–Crippen LogP) is 2.64. The van der Waals surface area contributed by atoms with Crippen molar-refractivity contribution in [3.05, 3.63) is 0 Å². The first-order valence-corrected chi connectivity index (χ1v) is 10.2. The van der Waals surface area contributed by atoms with Gasteiger partial charge in [0.05, 0.1) is 59.5 Å². The minimum atomic E-state index is -0.492. The quantitative estimate of drug-likeness (QED) is 0.350. The Hall–Kier alpha value is -0.930. The number of hydrogen-bond donors (Lipinski definition) is 1. The van der Waals surface area contributed by atoms with E-state index in [1.165, 1.54) is 0 Å². The van der Waals surface area contributed by atoms with Crippen LogP contribution >= 0.6 is 0 Å². The molecule has 0 heterocycles. The molecule has 0 spiro atoms. The molecule has 8 nitrogen and oxygen atoms in total. The summed E-state index contributed by atoms with van der Waals surface area (Å²) in [6.07, 6.45) is 0.695. The second kappa shape index (κ2) is 18.1. The zero-order valence-electron chi connectivity index (χ0n) is 18.4. The third-order valence-electron chi connectivity index (χ3n) is 3.50. The fourth-order valence-corrected chi connectivity index (χ4v) is 1.82. The van der Waals surface area contributed by atoms with Crippen molar-refractivity contribution < 1.29 is 33.2 Å². The maximum absolute atomic E-state index is 11.4. The molecule has 0 radical (unpaired) electrons. The molecule has 0 aliphatic heterocycles. The highest BCUT2D eigenvalue weighted by atomic mass is 16.6. The molecule has 0 aromatic rings. The van der Waals surface area contributed by atoms with Crippen molar-refractivity contribution >= 4 is 6.09 Å². The van der Waals surface area contributed by atoms with Gasteiger partial charge in [0.15, 0.2) is 0 Å². The van der Waals surface area contributed by atoms with Crippen molar-refractivity contribution in [1.82, 2.24) is 5.32 Å². The molecule has 8 heteroatoms. The highest BCUT2D eigenvalue weighted by molar-refractivity contribution is 5.67. The summed E-state index contributed by atoms with van der Waals surface area (Å²) in [5.41, 5.74) is -0.492. The van der Waals surface area contributed by atoms with Crippen molar-refractivity contribution in [1.29, 1.82) is 0 Å². The van der Waals surface area contributed by atoms with Gasteiger partial charge in [-0.25, -0.2) is 4.79 Å². The molecule has 168 valence electrons.